The molecule has 0 aromatic heterocycles. The van der Waals surface area contributed by atoms with E-state index in [4.69, 9.17) is 4.74 Å². The lowest BCUT2D eigenvalue weighted by Crippen LogP contribution is -2.42. The molecule has 1 saturated carbocycles. The van der Waals surface area contributed by atoms with Gasteiger partial charge in [0.05, 0.1) is 13.2 Å². The molecule has 0 spiro atoms. The molecule has 1 aliphatic carbocycles. The second-order valence-electron chi connectivity index (χ2n) is 5.18. The van der Waals surface area contributed by atoms with Crippen LogP contribution >= 0.6 is 0 Å². The number of benzene rings is 1. The van der Waals surface area contributed by atoms with E-state index in [9.17, 15) is 5.11 Å². The Morgan fingerprint density at radius 1 is 1.22 bits per heavy atom. The van der Waals surface area contributed by atoms with E-state index in [0.717, 1.165) is 31.6 Å². The van der Waals surface area contributed by atoms with E-state index in [0.29, 0.717) is 6.04 Å². The van der Waals surface area contributed by atoms with Gasteiger partial charge < -0.3 is 9.84 Å². The van der Waals surface area contributed by atoms with Crippen molar-refractivity contribution in [2.75, 3.05) is 14.2 Å². The molecule has 1 N–H and O–H groups in total. The molecule has 1 aliphatic rings. The summed E-state index contributed by atoms with van der Waals surface area (Å²) in [6.07, 6.45) is 4.27. The third-order valence-electron chi connectivity index (χ3n) is 3.85. The third kappa shape index (κ3) is 3.24. The molecule has 0 amide bonds. The lowest BCUT2D eigenvalue weighted by atomic mass is 9.91. The summed E-state index contributed by atoms with van der Waals surface area (Å²) in [7, 11) is 3.78. The van der Waals surface area contributed by atoms with Crippen LogP contribution in [0.4, 0.5) is 0 Å². The molecule has 3 heteroatoms. The van der Waals surface area contributed by atoms with Gasteiger partial charge in [-0.25, -0.2) is 0 Å². The molecule has 3 nitrogen and oxygen atoms in total. The van der Waals surface area contributed by atoms with Crippen molar-refractivity contribution in [1.29, 1.82) is 0 Å². The molecule has 2 rings (SSSR count). The molecule has 0 radical (unpaired) electrons. The number of rotatable bonds is 4. The Bertz CT molecular complexity index is 363. The summed E-state index contributed by atoms with van der Waals surface area (Å²) in [4.78, 5) is 2.27. The highest BCUT2D eigenvalue weighted by Gasteiger charge is 2.26. The molecule has 1 fully saturated rings. The van der Waals surface area contributed by atoms with Crippen LogP contribution in [-0.2, 0) is 6.54 Å². The Labute approximate surface area is 109 Å². The van der Waals surface area contributed by atoms with Gasteiger partial charge in [-0.1, -0.05) is 25.0 Å². The minimum Gasteiger partial charge on any atom is -0.497 e. The zero-order valence-corrected chi connectivity index (χ0v) is 11.3. The zero-order valence-electron chi connectivity index (χ0n) is 11.3. The van der Waals surface area contributed by atoms with E-state index in [1.165, 1.54) is 12.0 Å². The number of likely N-dealkylation sites (N-methyl/N-ethyl adjacent to an activating group) is 1. The minimum atomic E-state index is -0.165. The number of aliphatic hydroxyl groups excluding tert-OH is 1. The molecule has 0 heterocycles. The number of hydrogen-bond acceptors (Lipinski definition) is 3. The van der Waals surface area contributed by atoms with E-state index < -0.39 is 0 Å². The van der Waals surface area contributed by atoms with E-state index >= 15 is 0 Å². The fraction of sp³-hybridized carbons (Fsp3) is 0.600. The minimum absolute atomic E-state index is 0.165. The number of ether oxygens (including phenoxy) is 1. The highest BCUT2D eigenvalue weighted by atomic mass is 16.5. The highest BCUT2D eigenvalue weighted by molar-refractivity contribution is 5.27. The quantitative estimate of drug-likeness (QED) is 0.889. The SMILES string of the molecule is COc1ccc(CN(C)C2CCCCC2O)cc1. The van der Waals surface area contributed by atoms with Gasteiger partial charge in [-0.3, -0.25) is 4.90 Å². The normalized spacial score (nSPS) is 24.2. The first kappa shape index (κ1) is 13.4. The lowest BCUT2D eigenvalue weighted by molar-refractivity contribution is 0.0288. The summed E-state index contributed by atoms with van der Waals surface area (Å²) >= 11 is 0. The molecular formula is C15H23NO2. The van der Waals surface area contributed by atoms with Gasteiger partial charge in [0.15, 0.2) is 0 Å². The maximum absolute atomic E-state index is 10.0. The molecule has 1 aromatic carbocycles. The van der Waals surface area contributed by atoms with Crippen molar-refractivity contribution in [2.24, 2.45) is 0 Å². The number of nitrogens with zero attached hydrogens (tertiary/aromatic N) is 1. The standard InChI is InChI=1S/C15H23NO2/c1-16(14-5-3-4-6-15(14)17)11-12-7-9-13(18-2)10-8-12/h7-10,14-15,17H,3-6,11H2,1-2H3. The topological polar surface area (TPSA) is 32.7 Å². The molecular weight excluding hydrogens is 226 g/mol. The van der Waals surface area contributed by atoms with Crippen LogP contribution in [0.15, 0.2) is 24.3 Å². The van der Waals surface area contributed by atoms with Gasteiger partial charge in [-0.15, -0.1) is 0 Å². The maximum atomic E-state index is 10.0. The Morgan fingerprint density at radius 3 is 2.50 bits per heavy atom. The molecule has 0 aliphatic heterocycles. The summed E-state index contributed by atoms with van der Waals surface area (Å²) < 4.78 is 5.15. The Morgan fingerprint density at radius 2 is 1.89 bits per heavy atom. The summed E-state index contributed by atoms with van der Waals surface area (Å²) in [6, 6.07) is 8.46. The van der Waals surface area contributed by atoms with Crippen LogP contribution in [0, 0.1) is 0 Å². The smallest absolute Gasteiger partial charge is 0.118 e. The average molecular weight is 249 g/mol. The van der Waals surface area contributed by atoms with Crippen LogP contribution in [0.2, 0.25) is 0 Å². The molecule has 0 bridgehead atoms. The first-order valence-electron chi connectivity index (χ1n) is 6.72. The first-order chi connectivity index (χ1) is 8.70. The molecule has 18 heavy (non-hydrogen) atoms. The van der Waals surface area contributed by atoms with Gasteiger partial charge in [-0.2, -0.15) is 0 Å². The van der Waals surface area contributed by atoms with E-state index in [-0.39, 0.29) is 6.10 Å². The fourth-order valence-corrected chi connectivity index (χ4v) is 2.74. The van der Waals surface area contributed by atoms with Crippen molar-refractivity contribution in [3.05, 3.63) is 29.8 Å². The monoisotopic (exact) mass is 249 g/mol. The van der Waals surface area contributed by atoms with Crippen molar-refractivity contribution >= 4 is 0 Å². The van der Waals surface area contributed by atoms with Crippen LogP contribution in [0.25, 0.3) is 0 Å². The van der Waals surface area contributed by atoms with Crippen molar-refractivity contribution < 1.29 is 9.84 Å². The van der Waals surface area contributed by atoms with Crippen molar-refractivity contribution in [2.45, 2.75) is 44.4 Å². The van der Waals surface area contributed by atoms with Crippen LogP contribution < -0.4 is 4.74 Å². The predicted octanol–water partition coefficient (Wildman–Crippen LogP) is 2.43. The fourth-order valence-electron chi connectivity index (χ4n) is 2.74. The number of aliphatic hydroxyl groups is 1. The van der Waals surface area contributed by atoms with Crippen LogP contribution in [0.5, 0.6) is 5.75 Å². The van der Waals surface area contributed by atoms with Crippen LogP contribution in [0.1, 0.15) is 31.2 Å². The van der Waals surface area contributed by atoms with Crippen LogP contribution in [-0.4, -0.2) is 36.3 Å². The van der Waals surface area contributed by atoms with Gasteiger partial charge in [0.25, 0.3) is 0 Å². The Balaban J connectivity index is 1.94. The molecule has 2 unspecified atom stereocenters. The maximum Gasteiger partial charge on any atom is 0.118 e. The van der Waals surface area contributed by atoms with Crippen molar-refractivity contribution in [3.8, 4) is 5.75 Å². The highest BCUT2D eigenvalue weighted by Crippen LogP contribution is 2.23. The van der Waals surface area contributed by atoms with E-state index in [1.54, 1.807) is 7.11 Å². The Kier molecular flexibility index (Phi) is 4.61. The zero-order chi connectivity index (χ0) is 13.0. The van der Waals surface area contributed by atoms with Gasteiger partial charge >= 0.3 is 0 Å². The van der Waals surface area contributed by atoms with Crippen molar-refractivity contribution in [1.82, 2.24) is 4.90 Å². The van der Waals surface area contributed by atoms with Gasteiger partial charge in [0, 0.05) is 12.6 Å². The molecule has 100 valence electrons. The van der Waals surface area contributed by atoms with Gasteiger partial charge in [-0.05, 0) is 37.6 Å². The second kappa shape index (κ2) is 6.21. The average Bonchev–Trinajstić information content (AvgIpc) is 2.40. The summed E-state index contributed by atoms with van der Waals surface area (Å²) in [5.74, 6) is 0.888. The van der Waals surface area contributed by atoms with E-state index in [2.05, 4.69) is 24.1 Å². The van der Waals surface area contributed by atoms with Gasteiger partial charge in [0.1, 0.15) is 5.75 Å². The Hall–Kier alpha value is -1.06. The predicted molar refractivity (Wildman–Crippen MR) is 72.7 cm³/mol. The lowest BCUT2D eigenvalue weighted by Gasteiger charge is -2.35. The largest absolute Gasteiger partial charge is 0.497 e. The van der Waals surface area contributed by atoms with Crippen molar-refractivity contribution in [3.63, 3.8) is 0 Å². The van der Waals surface area contributed by atoms with Gasteiger partial charge in [0.2, 0.25) is 0 Å². The second-order valence-corrected chi connectivity index (χ2v) is 5.18. The molecule has 0 saturated heterocycles. The summed E-state index contributed by atoms with van der Waals surface area (Å²) in [6.45, 7) is 0.881. The molecule has 2 atom stereocenters. The molecule has 1 aromatic rings. The first-order valence-corrected chi connectivity index (χ1v) is 6.72. The third-order valence-corrected chi connectivity index (χ3v) is 3.85. The number of methoxy groups -OCH3 is 1. The summed E-state index contributed by atoms with van der Waals surface area (Å²) in [5.41, 5.74) is 1.26. The summed E-state index contributed by atoms with van der Waals surface area (Å²) in [5, 5.41) is 10.0. The van der Waals surface area contributed by atoms with Crippen LogP contribution in [0.3, 0.4) is 0 Å². The van der Waals surface area contributed by atoms with E-state index in [1.807, 2.05) is 12.1 Å². The number of hydrogen-bond donors (Lipinski definition) is 1.